The largest absolute Gasteiger partial charge is 0.481 e. The number of hydrogen-bond donors (Lipinski definition) is 2. The van der Waals surface area contributed by atoms with Crippen molar-refractivity contribution in [2.45, 2.75) is 44.9 Å². The average molecular weight is 302 g/mol. The van der Waals surface area contributed by atoms with Crippen molar-refractivity contribution in [2.75, 3.05) is 0 Å². The number of tetrazole rings is 1. The second kappa shape index (κ2) is 8.26. The van der Waals surface area contributed by atoms with Gasteiger partial charge in [-0.2, -0.15) is 0 Å². The number of aromatic amines is 1. The van der Waals surface area contributed by atoms with Gasteiger partial charge < -0.3 is 5.11 Å². The van der Waals surface area contributed by atoms with Gasteiger partial charge in [-0.15, -0.1) is 5.10 Å². The molecule has 6 heteroatoms. The van der Waals surface area contributed by atoms with Crippen LogP contribution in [-0.2, 0) is 11.2 Å². The van der Waals surface area contributed by atoms with E-state index in [0.29, 0.717) is 18.7 Å². The standard InChI is InChI=1S/C16H22N4O2/c1-2-3-5-10-13(16(21)22)14(15-17-19-20-18-15)11-12-8-6-4-7-9-12/h4,6-9,13-14H,2-3,5,10-11H2,1H3,(H,21,22)(H,17,18,19,20)/t13-,14-/m0/s1. The molecule has 118 valence electrons. The molecule has 0 aliphatic rings. The van der Waals surface area contributed by atoms with Crippen LogP contribution in [0.25, 0.3) is 0 Å². The highest BCUT2D eigenvalue weighted by Gasteiger charge is 2.31. The Hall–Kier alpha value is -2.24. The summed E-state index contributed by atoms with van der Waals surface area (Å²) in [5.74, 6) is -0.963. The number of aromatic nitrogens is 4. The van der Waals surface area contributed by atoms with E-state index in [1.165, 1.54) is 0 Å². The molecule has 0 amide bonds. The topological polar surface area (TPSA) is 91.8 Å². The molecule has 1 aromatic carbocycles. The third-order valence-electron chi connectivity index (χ3n) is 3.93. The van der Waals surface area contributed by atoms with E-state index < -0.39 is 11.9 Å². The van der Waals surface area contributed by atoms with Crippen molar-refractivity contribution in [3.8, 4) is 0 Å². The fourth-order valence-corrected chi connectivity index (χ4v) is 2.73. The summed E-state index contributed by atoms with van der Waals surface area (Å²) in [5.41, 5.74) is 1.09. The molecule has 0 radical (unpaired) electrons. The molecular weight excluding hydrogens is 280 g/mol. The molecule has 0 saturated heterocycles. The van der Waals surface area contributed by atoms with Crippen molar-refractivity contribution in [3.05, 3.63) is 41.7 Å². The lowest BCUT2D eigenvalue weighted by Gasteiger charge is -2.21. The van der Waals surface area contributed by atoms with E-state index in [2.05, 4.69) is 27.5 Å². The summed E-state index contributed by atoms with van der Waals surface area (Å²) in [7, 11) is 0. The minimum atomic E-state index is -0.784. The number of H-pyrrole nitrogens is 1. The van der Waals surface area contributed by atoms with Gasteiger partial charge in [0, 0.05) is 5.92 Å². The van der Waals surface area contributed by atoms with Crippen LogP contribution in [-0.4, -0.2) is 31.7 Å². The number of carbonyl (C=O) groups is 1. The van der Waals surface area contributed by atoms with Crippen molar-refractivity contribution in [3.63, 3.8) is 0 Å². The fourth-order valence-electron chi connectivity index (χ4n) is 2.73. The number of nitrogens with zero attached hydrogens (tertiary/aromatic N) is 3. The predicted octanol–water partition coefficient (Wildman–Crippen LogP) is 2.81. The van der Waals surface area contributed by atoms with Crippen LogP contribution in [0.3, 0.4) is 0 Å². The quantitative estimate of drug-likeness (QED) is 0.695. The van der Waals surface area contributed by atoms with E-state index in [9.17, 15) is 9.90 Å². The van der Waals surface area contributed by atoms with Gasteiger partial charge in [0.25, 0.3) is 0 Å². The number of unbranched alkanes of at least 4 members (excludes halogenated alkanes) is 2. The lowest BCUT2D eigenvalue weighted by Crippen LogP contribution is -2.25. The number of carboxylic acids is 1. The molecule has 1 aromatic heterocycles. The Morgan fingerprint density at radius 2 is 2.05 bits per heavy atom. The molecule has 0 fully saturated rings. The van der Waals surface area contributed by atoms with E-state index in [1.54, 1.807) is 0 Å². The van der Waals surface area contributed by atoms with E-state index in [1.807, 2.05) is 30.3 Å². The molecule has 22 heavy (non-hydrogen) atoms. The molecule has 6 nitrogen and oxygen atoms in total. The Kier molecular flexibility index (Phi) is 6.06. The van der Waals surface area contributed by atoms with Gasteiger partial charge in [-0.1, -0.05) is 56.5 Å². The number of benzene rings is 1. The van der Waals surface area contributed by atoms with Gasteiger partial charge in [0.05, 0.1) is 5.92 Å². The summed E-state index contributed by atoms with van der Waals surface area (Å²) in [6.07, 6.45) is 4.26. The first-order chi connectivity index (χ1) is 10.7. The first-order valence-corrected chi connectivity index (χ1v) is 7.72. The lowest BCUT2D eigenvalue weighted by molar-refractivity contribution is -0.143. The van der Waals surface area contributed by atoms with Crippen molar-refractivity contribution in [1.82, 2.24) is 20.6 Å². The molecule has 0 aliphatic carbocycles. The number of aliphatic carboxylic acids is 1. The molecule has 2 atom stereocenters. The molecule has 0 unspecified atom stereocenters. The van der Waals surface area contributed by atoms with Crippen molar-refractivity contribution in [2.24, 2.45) is 5.92 Å². The lowest BCUT2D eigenvalue weighted by atomic mass is 9.83. The van der Waals surface area contributed by atoms with Crippen LogP contribution >= 0.6 is 0 Å². The molecule has 2 rings (SSSR count). The maximum Gasteiger partial charge on any atom is 0.307 e. The van der Waals surface area contributed by atoms with Crippen LogP contribution in [0.4, 0.5) is 0 Å². The first kappa shape index (κ1) is 16.1. The van der Waals surface area contributed by atoms with Crippen LogP contribution in [0.2, 0.25) is 0 Å². The highest BCUT2D eigenvalue weighted by molar-refractivity contribution is 5.71. The molecule has 0 spiro atoms. The minimum absolute atomic E-state index is 0.244. The highest BCUT2D eigenvalue weighted by Crippen LogP contribution is 2.30. The Labute approximate surface area is 130 Å². The zero-order chi connectivity index (χ0) is 15.8. The summed E-state index contributed by atoms with van der Waals surface area (Å²) >= 11 is 0. The molecule has 0 aliphatic heterocycles. The average Bonchev–Trinajstić information content (AvgIpc) is 3.05. The monoisotopic (exact) mass is 302 g/mol. The number of carboxylic acid groups (broad SMARTS) is 1. The van der Waals surface area contributed by atoms with Gasteiger partial charge >= 0.3 is 5.97 Å². The SMILES string of the molecule is CCCCC[C@H](C(=O)O)[C@H](Cc1ccccc1)c1nnn[nH]1. The maximum atomic E-state index is 11.7. The van der Waals surface area contributed by atoms with Crippen molar-refractivity contribution >= 4 is 5.97 Å². The zero-order valence-electron chi connectivity index (χ0n) is 12.8. The number of rotatable bonds is 9. The Bertz CT molecular complexity index is 557. The Morgan fingerprint density at radius 3 is 2.64 bits per heavy atom. The molecule has 0 saturated carbocycles. The van der Waals surface area contributed by atoms with Gasteiger partial charge in [-0.25, -0.2) is 5.10 Å². The smallest absolute Gasteiger partial charge is 0.307 e. The highest BCUT2D eigenvalue weighted by atomic mass is 16.4. The molecule has 2 N–H and O–H groups in total. The summed E-state index contributed by atoms with van der Waals surface area (Å²) in [4.78, 5) is 11.7. The molecule has 1 heterocycles. The van der Waals surface area contributed by atoms with Crippen LogP contribution in [0, 0.1) is 5.92 Å². The van der Waals surface area contributed by atoms with Gasteiger partial charge in [0.1, 0.15) is 0 Å². The Balaban J connectivity index is 2.20. The van der Waals surface area contributed by atoms with Gasteiger partial charge in [0.2, 0.25) is 0 Å². The Morgan fingerprint density at radius 1 is 1.27 bits per heavy atom. The van der Waals surface area contributed by atoms with E-state index in [-0.39, 0.29) is 5.92 Å². The first-order valence-electron chi connectivity index (χ1n) is 7.72. The minimum Gasteiger partial charge on any atom is -0.481 e. The number of hydrogen-bond acceptors (Lipinski definition) is 4. The summed E-state index contributed by atoms with van der Waals surface area (Å²) < 4.78 is 0. The fraction of sp³-hybridized carbons (Fsp3) is 0.500. The third-order valence-corrected chi connectivity index (χ3v) is 3.93. The predicted molar refractivity (Wildman–Crippen MR) is 82.3 cm³/mol. The van der Waals surface area contributed by atoms with Gasteiger partial charge in [-0.05, 0) is 28.8 Å². The van der Waals surface area contributed by atoms with Crippen LogP contribution < -0.4 is 0 Å². The second-order valence-electron chi connectivity index (χ2n) is 5.52. The normalized spacial score (nSPS) is 13.7. The van der Waals surface area contributed by atoms with E-state index >= 15 is 0 Å². The zero-order valence-corrected chi connectivity index (χ0v) is 12.8. The van der Waals surface area contributed by atoms with E-state index in [0.717, 1.165) is 24.8 Å². The van der Waals surface area contributed by atoms with Gasteiger partial charge in [-0.3, -0.25) is 4.79 Å². The van der Waals surface area contributed by atoms with Gasteiger partial charge in [0.15, 0.2) is 5.82 Å². The second-order valence-corrected chi connectivity index (χ2v) is 5.52. The number of nitrogens with one attached hydrogen (secondary N) is 1. The third kappa shape index (κ3) is 4.38. The molecular formula is C16H22N4O2. The summed E-state index contributed by atoms with van der Waals surface area (Å²) in [6.45, 7) is 2.11. The maximum absolute atomic E-state index is 11.7. The van der Waals surface area contributed by atoms with E-state index in [4.69, 9.17) is 0 Å². The summed E-state index contributed by atoms with van der Waals surface area (Å²) in [5, 5.41) is 23.6. The summed E-state index contributed by atoms with van der Waals surface area (Å²) in [6, 6.07) is 9.86. The van der Waals surface area contributed by atoms with Crippen molar-refractivity contribution < 1.29 is 9.90 Å². The van der Waals surface area contributed by atoms with Crippen LogP contribution in [0.1, 0.15) is 49.9 Å². The molecule has 0 bridgehead atoms. The van der Waals surface area contributed by atoms with Crippen LogP contribution in [0.5, 0.6) is 0 Å². The van der Waals surface area contributed by atoms with Crippen molar-refractivity contribution in [1.29, 1.82) is 0 Å². The molecule has 2 aromatic rings. The van der Waals surface area contributed by atoms with Crippen LogP contribution in [0.15, 0.2) is 30.3 Å².